The van der Waals surface area contributed by atoms with Crippen molar-refractivity contribution in [3.63, 3.8) is 0 Å². The fourth-order valence-corrected chi connectivity index (χ4v) is 3.07. The van der Waals surface area contributed by atoms with Gasteiger partial charge in [-0.15, -0.1) is 0 Å². The third-order valence-corrected chi connectivity index (χ3v) is 3.94. The Balaban J connectivity index is 2.04. The summed E-state index contributed by atoms with van der Waals surface area (Å²) in [6, 6.07) is 6.19. The van der Waals surface area contributed by atoms with Crippen molar-refractivity contribution in [1.82, 2.24) is 0 Å². The third kappa shape index (κ3) is 1.02. The number of Topliss-reactive ketones (excluding diaryl/α,β-unsaturated/α-hetero) is 1. The van der Waals surface area contributed by atoms with E-state index in [1.807, 2.05) is 13.0 Å². The second-order valence-electron chi connectivity index (χ2n) is 4.59. The highest BCUT2D eigenvalue weighted by Crippen LogP contribution is 2.52. The van der Waals surface area contributed by atoms with Gasteiger partial charge in [-0.2, -0.15) is 0 Å². The van der Waals surface area contributed by atoms with Crippen LogP contribution in [0.4, 0.5) is 0 Å². The highest BCUT2D eigenvalue weighted by Gasteiger charge is 2.51. The van der Waals surface area contributed by atoms with Gasteiger partial charge >= 0.3 is 0 Å². The zero-order valence-electron chi connectivity index (χ0n) is 8.99. The second-order valence-corrected chi connectivity index (χ2v) is 4.59. The minimum absolute atomic E-state index is 0.211. The standard InChI is InChI=1S/C13H14O2/c1-7-12-10-6-9(15-2)4-3-8(10)5-11(12)13(7)14/h3-4,6-7,11-12H,5H2,1-2H3. The van der Waals surface area contributed by atoms with E-state index in [0.717, 1.165) is 12.2 Å². The van der Waals surface area contributed by atoms with Crippen LogP contribution in [0.2, 0.25) is 0 Å². The molecule has 2 aliphatic carbocycles. The lowest BCUT2D eigenvalue weighted by atomic mass is 9.65. The number of carbonyl (C=O) groups is 1. The Hall–Kier alpha value is -1.31. The smallest absolute Gasteiger partial charge is 0.140 e. The van der Waals surface area contributed by atoms with E-state index in [-0.39, 0.29) is 11.8 Å². The number of hydrogen-bond donors (Lipinski definition) is 0. The lowest BCUT2D eigenvalue weighted by Crippen LogP contribution is -2.41. The Bertz CT molecular complexity index is 436. The quantitative estimate of drug-likeness (QED) is 0.697. The molecule has 1 aromatic carbocycles. The number of ketones is 1. The molecule has 0 aromatic heterocycles. The van der Waals surface area contributed by atoms with Crippen LogP contribution in [-0.4, -0.2) is 12.9 Å². The molecule has 0 bridgehead atoms. The van der Waals surface area contributed by atoms with E-state index in [2.05, 4.69) is 12.1 Å². The Morgan fingerprint density at radius 3 is 2.93 bits per heavy atom. The minimum atomic E-state index is 0.211. The minimum Gasteiger partial charge on any atom is -0.497 e. The fraction of sp³-hybridized carbons (Fsp3) is 0.462. The number of rotatable bonds is 1. The van der Waals surface area contributed by atoms with Crippen LogP contribution in [0.1, 0.15) is 24.0 Å². The van der Waals surface area contributed by atoms with Crippen molar-refractivity contribution in [2.75, 3.05) is 7.11 Å². The number of methoxy groups -OCH3 is 1. The van der Waals surface area contributed by atoms with Gasteiger partial charge in [-0.3, -0.25) is 4.79 Å². The van der Waals surface area contributed by atoms with Gasteiger partial charge in [0.2, 0.25) is 0 Å². The third-order valence-electron chi connectivity index (χ3n) is 3.94. The molecule has 3 rings (SSSR count). The number of ether oxygens (including phenoxy) is 1. The van der Waals surface area contributed by atoms with Crippen molar-refractivity contribution in [2.24, 2.45) is 11.8 Å². The molecule has 0 amide bonds. The highest BCUT2D eigenvalue weighted by atomic mass is 16.5. The summed E-state index contributed by atoms with van der Waals surface area (Å²) in [6.45, 7) is 2.04. The summed E-state index contributed by atoms with van der Waals surface area (Å²) < 4.78 is 5.22. The Morgan fingerprint density at radius 2 is 2.20 bits per heavy atom. The number of carbonyl (C=O) groups excluding carboxylic acids is 1. The predicted octanol–water partition coefficient (Wildman–Crippen LogP) is 2.17. The first-order chi connectivity index (χ1) is 7.22. The summed E-state index contributed by atoms with van der Waals surface area (Å²) in [5, 5.41) is 0. The van der Waals surface area contributed by atoms with Crippen molar-refractivity contribution in [2.45, 2.75) is 19.3 Å². The zero-order chi connectivity index (χ0) is 10.6. The Morgan fingerprint density at radius 1 is 1.40 bits per heavy atom. The van der Waals surface area contributed by atoms with Gasteiger partial charge in [0.05, 0.1) is 7.11 Å². The maximum atomic E-state index is 11.6. The SMILES string of the molecule is COc1ccc2c(c1)C1C(C)C(=O)C1C2. The van der Waals surface area contributed by atoms with Crippen LogP contribution in [0.15, 0.2) is 18.2 Å². The monoisotopic (exact) mass is 202 g/mol. The molecule has 1 aromatic rings. The molecule has 3 atom stereocenters. The predicted molar refractivity (Wildman–Crippen MR) is 57.1 cm³/mol. The highest BCUT2D eigenvalue weighted by molar-refractivity contribution is 5.93. The first-order valence-electron chi connectivity index (χ1n) is 5.43. The van der Waals surface area contributed by atoms with E-state index in [1.54, 1.807) is 7.11 Å². The molecule has 0 spiro atoms. The van der Waals surface area contributed by atoms with Gasteiger partial charge in [0.15, 0.2) is 0 Å². The van der Waals surface area contributed by atoms with E-state index >= 15 is 0 Å². The van der Waals surface area contributed by atoms with Crippen LogP contribution in [-0.2, 0) is 11.2 Å². The molecule has 0 N–H and O–H groups in total. The Kier molecular flexibility index (Phi) is 1.70. The summed E-state index contributed by atoms with van der Waals surface area (Å²) in [5.41, 5.74) is 2.68. The van der Waals surface area contributed by atoms with Crippen LogP contribution < -0.4 is 4.74 Å². The molecule has 0 saturated heterocycles. The summed E-state index contributed by atoms with van der Waals surface area (Å²) in [7, 11) is 1.68. The van der Waals surface area contributed by atoms with Gasteiger partial charge in [-0.25, -0.2) is 0 Å². The van der Waals surface area contributed by atoms with Gasteiger partial charge in [0, 0.05) is 17.8 Å². The molecule has 15 heavy (non-hydrogen) atoms. The molecule has 78 valence electrons. The molecule has 0 heterocycles. The van der Waals surface area contributed by atoms with E-state index < -0.39 is 0 Å². The summed E-state index contributed by atoms with van der Waals surface area (Å²) in [4.78, 5) is 11.6. The zero-order valence-corrected chi connectivity index (χ0v) is 8.99. The van der Waals surface area contributed by atoms with Crippen LogP contribution in [0.3, 0.4) is 0 Å². The van der Waals surface area contributed by atoms with Crippen molar-refractivity contribution in [3.05, 3.63) is 29.3 Å². The first kappa shape index (κ1) is 8.96. The molecule has 1 saturated carbocycles. The molecule has 2 aliphatic rings. The van der Waals surface area contributed by atoms with E-state index in [1.165, 1.54) is 11.1 Å². The van der Waals surface area contributed by atoms with Gasteiger partial charge in [0.1, 0.15) is 11.5 Å². The molecule has 1 fully saturated rings. The summed E-state index contributed by atoms with van der Waals surface area (Å²) in [6.07, 6.45) is 0.938. The largest absolute Gasteiger partial charge is 0.497 e. The van der Waals surface area contributed by atoms with E-state index in [4.69, 9.17) is 4.74 Å². The summed E-state index contributed by atoms with van der Waals surface area (Å²) >= 11 is 0. The van der Waals surface area contributed by atoms with E-state index in [9.17, 15) is 4.79 Å². The maximum Gasteiger partial charge on any atom is 0.140 e. The van der Waals surface area contributed by atoms with Crippen LogP contribution >= 0.6 is 0 Å². The maximum absolute atomic E-state index is 11.6. The van der Waals surface area contributed by atoms with Crippen LogP contribution in [0, 0.1) is 11.8 Å². The van der Waals surface area contributed by atoms with Gasteiger partial charge in [0.25, 0.3) is 0 Å². The molecule has 2 nitrogen and oxygen atoms in total. The van der Waals surface area contributed by atoms with Gasteiger partial charge in [-0.05, 0) is 29.7 Å². The Labute approximate surface area is 89.2 Å². The average molecular weight is 202 g/mol. The number of benzene rings is 1. The van der Waals surface area contributed by atoms with Gasteiger partial charge in [-0.1, -0.05) is 13.0 Å². The van der Waals surface area contributed by atoms with Crippen LogP contribution in [0.25, 0.3) is 0 Å². The number of hydrogen-bond acceptors (Lipinski definition) is 2. The normalized spacial score (nSPS) is 31.9. The lowest BCUT2D eigenvalue weighted by molar-refractivity contribution is -0.136. The molecular formula is C13H14O2. The van der Waals surface area contributed by atoms with Gasteiger partial charge < -0.3 is 4.74 Å². The van der Waals surface area contributed by atoms with Crippen molar-refractivity contribution < 1.29 is 9.53 Å². The van der Waals surface area contributed by atoms with Crippen molar-refractivity contribution in [3.8, 4) is 5.75 Å². The average Bonchev–Trinajstić information content (AvgIpc) is 2.62. The second kappa shape index (κ2) is 2.84. The topological polar surface area (TPSA) is 26.3 Å². The molecule has 0 radical (unpaired) electrons. The first-order valence-corrected chi connectivity index (χ1v) is 5.43. The van der Waals surface area contributed by atoms with Crippen LogP contribution in [0.5, 0.6) is 5.75 Å². The lowest BCUT2D eigenvalue weighted by Gasteiger charge is -2.36. The van der Waals surface area contributed by atoms with E-state index in [0.29, 0.717) is 11.7 Å². The van der Waals surface area contributed by atoms with Crippen molar-refractivity contribution >= 4 is 5.78 Å². The number of fused-ring (bicyclic) bond motifs is 3. The molecule has 2 heteroatoms. The molecule has 3 unspecified atom stereocenters. The summed E-state index contributed by atoms with van der Waals surface area (Å²) in [5.74, 6) is 2.28. The molecular weight excluding hydrogens is 188 g/mol. The molecule has 0 aliphatic heterocycles. The van der Waals surface area contributed by atoms with Crippen molar-refractivity contribution in [1.29, 1.82) is 0 Å². The fourth-order valence-electron chi connectivity index (χ4n) is 3.07.